The van der Waals surface area contributed by atoms with Gasteiger partial charge in [-0.3, -0.25) is 9.78 Å². The van der Waals surface area contributed by atoms with E-state index in [0.29, 0.717) is 16.9 Å². The quantitative estimate of drug-likeness (QED) is 0.653. The van der Waals surface area contributed by atoms with Crippen molar-refractivity contribution in [3.05, 3.63) is 60.6 Å². The molecule has 1 aliphatic carbocycles. The first-order chi connectivity index (χ1) is 13.9. The molecule has 4 rings (SSSR count). The van der Waals surface area contributed by atoms with Crippen LogP contribution in [0.2, 0.25) is 0 Å². The van der Waals surface area contributed by atoms with Gasteiger partial charge in [0.15, 0.2) is 11.5 Å². The van der Waals surface area contributed by atoms with Gasteiger partial charge in [0.05, 0.1) is 0 Å². The zero-order valence-electron chi connectivity index (χ0n) is 15.1. The number of anilines is 3. The second-order valence-corrected chi connectivity index (χ2v) is 6.66. The molecule has 3 aromatic rings. The molecule has 0 aliphatic heterocycles. The molecule has 2 N–H and O–H groups in total. The highest BCUT2D eigenvalue weighted by Gasteiger charge is 2.34. The van der Waals surface area contributed by atoms with Crippen molar-refractivity contribution in [3.63, 3.8) is 0 Å². The monoisotopic (exact) mass is 399 g/mol. The fraction of sp³-hybridized carbons (Fsp3) is 0.200. The number of hydrogen-bond acceptors (Lipinski definition) is 5. The maximum absolute atomic E-state index is 13.3. The lowest BCUT2D eigenvalue weighted by Crippen LogP contribution is -2.13. The Morgan fingerprint density at radius 2 is 1.62 bits per heavy atom. The van der Waals surface area contributed by atoms with Gasteiger partial charge in [-0.1, -0.05) is 0 Å². The molecule has 1 aliphatic rings. The summed E-state index contributed by atoms with van der Waals surface area (Å²) in [5.41, 5.74) is 0.535. The van der Waals surface area contributed by atoms with Crippen molar-refractivity contribution >= 4 is 23.1 Å². The number of amides is 1. The topological polar surface area (TPSA) is 79.8 Å². The maximum atomic E-state index is 13.3. The van der Waals surface area contributed by atoms with E-state index in [1.54, 1.807) is 24.3 Å². The van der Waals surface area contributed by atoms with E-state index < -0.39 is 11.9 Å². The average Bonchev–Trinajstić information content (AvgIpc) is 3.55. The molecule has 1 amide bonds. The van der Waals surface area contributed by atoms with Crippen LogP contribution in [0.1, 0.15) is 18.5 Å². The van der Waals surface area contributed by atoms with E-state index in [0.717, 1.165) is 18.9 Å². The zero-order chi connectivity index (χ0) is 20.4. The molecular weight excluding hydrogens is 383 g/mol. The molecule has 9 heteroatoms. The Bertz CT molecular complexity index is 1020. The number of rotatable bonds is 5. The highest BCUT2D eigenvalue weighted by molar-refractivity contribution is 5.94. The standard InChI is InChI=1S/C20H16F3N5O/c21-20(22,23)16-11-17(28-18(27-16)12-7-9-24-10-8-12)25-14-3-5-15(6-4-14)26-19(29)13-1-2-13/h3-11,13H,1-2H2,(H,26,29)(H,25,27,28). The van der Waals surface area contributed by atoms with Crippen molar-refractivity contribution in [1.82, 2.24) is 15.0 Å². The number of alkyl halides is 3. The first-order valence-electron chi connectivity index (χ1n) is 8.93. The molecule has 29 heavy (non-hydrogen) atoms. The normalized spacial score (nSPS) is 13.8. The SMILES string of the molecule is O=C(Nc1ccc(Nc2cc(C(F)(F)F)nc(-c3ccncc3)n2)cc1)C1CC1. The number of carbonyl (C=O) groups is 1. The van der Waals surface area contributed by atoms with Crippen molar-refractivity contribution in [3.8, 4) is 11.4 Å². The highest BCUT2D eigenvalue weighted by atomic mass is 19.4. The van der Waals surface area contributed by atoms with Crippen LogP contribution in [0.3, 0.4) is 0 Å². The Morgan fingerprint density at radius 3 is 2.24 bits per heavy atom. The smallest absolute Gasteiger partial charge is 0.340 e. The maximum Gasteiger partial charge on any atom is 0.433 e. The molecule has 0 saturated heterocycles. The fourth-order valence-corrected chi connectivity index (χ4v) is 2.66. The Hall–Kier alpha value is -3.49. The van der Waals surface area contributed by atoms with Gasteiger partial charge >= 0.3 is 6.18 Å². The minimum atomic E-state index is -4.61. The average molecular weight is 399 g/mol. The van der Waals surface area contributed by atoms with Crippen LogP contribution in [0.4, 0.5) is 30.4 Å². The third kappa shape index (κ3) is 4.68. The zero-order valence-corrected chi connectivity index (χ0v) is 15.1. The van der Waals surface area contributed by atoms with Crippen LogP contribution >= 0.6 is 0 Å². The van der Waals surface area contributed by atoms with E-state index in [1.807, 2.05) is 0 Å². The van der Waals surface area contributed by atoms with Crippen molar-refractivity contribution in [2.75, 3.05) is 10.6 Å². The van der Waals surface area contributed by atoms with E-state index in [9.17, 15) is 18.0 Å². The molecule has 6 nitrogen and oxygen atoms in total. The summed E-state index contributed by atoms with van der Waals surface area (Å²) >= 11 is 0. The van der Waals surface area contributed by atoms with E-state index in [4.69, 9.17) is 0 Å². The molecule has 1 saturated carbocycles. The van der Waals surface area contributed by atoms with E-state index in [1.165, 1.54) is 24.5 Å². The van der Waals surface area contributed by atoms with Gasteiger partial charge < -0.3 is 10.6 Å². The second-order valence-electron chi connectivity index (χ2n) is 6.66. The van der Waals surface area contributed by atoms with Gasteiger partial charge in [-0.2, -0.15) is 13.2 Å². The minimum Gasteiger partial charge on any atom is -0.340 e. The lowest BCUT2D eigenvalue weighted by atomic mass is 10.2. The Morgan fingerprint density at radius 1 is 0.966 bits per heavy atom. The molecule has 2 aromatic heterocycles. The summed E-state index contributed by atoms with van der Waals surface area (Å²) in [7, 11) is 0. The molecule has 0 radical (unpaired) electrons. The van der Waals surface area contributed by atoms with Gasteiger partial charge in [0.25, 0.3) is 0 Å². The van der Waals surface area contributed by atoms with Gasteiger partial charge in [0.1, 0.15) is 5.82 Å². The van der Waals surface area contributed by atoms with Crippen LogP contribution in [0.5, 0.6) is 0 Å². The van der Waals surface area contributed by atoms with Gasteiger partial charge in [-0.25, -0.2) is 9.97 Å². The van der Waals surface area contributed by atoms with Crippen molar-refractivity contribution in [1.29, 1.82) is 0 Å². The van der Waals surface area contributed by atoms with Gasteiger partial charge in [0.2, 0.25) is 5.91 Å². The van der Waals surface area contributed by atoms with Crippen LogP contribution < -0.4 is 10.6 Å². The summed E-state index contributed by atoms with van der Waals surface area (Å²) in [6.07, 6.45) is 0.112. The minimum absolute atomic E-state index is 0.00824. The third-order valence-electron chi connectivity index (χ3n) is 4.33. The molecule has 2 heterocycles. The predicted octanol–water partition coefficient (Wildman–Crippen LogP) is 4.65. The first-order valence-corrected chi connectivity index (χ1v) is 8.93. The molecule has 1 aromatic carbocycles. The fourth-order valence-electron chi connectivity index (χ4n) is 2.66. The van der Waals surface area contributed by atoms with Crippen LogP contribution in [0.25, 0.3) is 11.4 Å². The lowest BCUT2D eigenvalue weighted by molar-refractivity contribution is -0.141. The predicted molar refractivity (Wildman–Crippen MR) is 101 cm³/mol. The summed E-state index contributed by atoms with van der Waals surface area (Å²) < 4.78 is 39.8. The molecule has 0 unspecified atom stereocenters. The molecule has 0 atom stereocenters. The number of nitrogens with one attached hydrogen (secondary N) is 2. The number of nitrogens with zero attached hydrogens (tertiary/aromatic N) is 3. The van der Waals surface area contributed by atoms with Crippen LogP contribution in [-0.4, -0.2) is 20.9 Å². The lowest BCUT2D eigenvalue weighted by Gasteiger charge is -2.12. The van der Waals surface area contributed by atoms with E-state index >= 15 is 0 Å². The third-order valence-corrected chi connectivity index (χ3v) is 4.33. The van der Waals surface area contributed by atoms with Crippen LogP contribution in [0, 0.1) is 5.92 Å². The Balaban J connectivity index is 1.58. The van der Waals surface area contributed by atoms with Gasteiger partial charge in [0, 0.05) is 41.3 Å². The highest BCUT2D eigenvalue weighted by Crippen LogP contribution is 2.32. The summed E-state index contributed by atoms with van der Waals surface area (Å²) in [6, 6.07) is 10.6. The van der Waals surface area contributed by atoms with Gasteiger partial charge in [-0.05, 0) is 49.2 Å². The summed E-state index contributed by atoms with van der Waals surface area (Å²) in [6.45, 7) is 0. The van der Waals surface area contributed by atoms with Crippen molar-refractivity contribution in [2.24, 2.45) is 5.92 Å². The van der Waals surface area contributed by atoms with Gasteiger partial charge in [-0.15, -0.1) is 0 Å². The second kappa shape index (κ2) is 7.50. The molecule has 1 fully saturated rings. The van der Waals surface area contributed by atoms with E-state index in [2.05, 4.69) is 25.6 Å². The summed E-state index contributed by atoms with van der Waals surface area (Å²) in [5, 5.41) is 5.67. The number of pyridine rings is 1. The first kappa shape index (κ1) is 18.9. The van der Waals surface area contributed by atoms with Crippen molar-refractivity contribution in [2.45, 2.75) is 19.0 Å². The summed E-state index contributed by atoms with van der Waals surface area (Å²) in [5.74, 6) is 0.0199. The number of carbonyl (C=O) groups excluding carboxylic acids is 1. The van der Waals surface area contributed by atoms with Crippen LogP contribution in [-0.2, 0) is 11.0 Å². The molecule has 148 valence electrons. The molecular formula is C20H16F3N5O. The summed E-state index contributed by atoms with van der Waals surface area (Å²) in [4.78, 5) is 23.5. The van der Waals surface area contributed by atoms with Crippen molar-refractivity contribution < 1.29 is 18.0 Å². The largest absolute Gasteiger partial charge is 0.433 e. The van der Waals surface area contributed by atoms with Crippen LogP contribution in [0.15, 0.2) is 54.9 Å². The number of halogens is 3. The number of benzene rings is 1. The molecule has 0 bridgehead atoms. The van der Waals surface area contributed by atoms with E-state index in [-0.39, 0.29) is 23.5 Å². The number of aromatic nitrogens is 3. The Kier molecular flexibility index (Phi) is 4.87. The number of hydrogen-bond donors (Lipinski definition) is 2. The Labute approximate surface area is 164 Å². The molecule has 0 spiro atoms.